The van der Waals surface area contributed by atoms with Crippen molar-refractivity contribution < 1.29 is 19.8 Å². The fraction of sp³-hybridized carbons (Fsp3) is 0.846. The van der Waals surface area contributed by atoms with E-state index in [1.807, 2.05) is 6.92 Å². The molecule has 110 valence electrons. The molecular formula is C13H24N2O4. The quantitative estimate of drug-likeness (QED) is 0.713. The van der Waals surface area contributed by atoms with Crippen LogP contribution < -0.4 is 5.32 Å². The fourth-order valence-electron chi connectivity index (χ4n) is 2.30. The third-order valence-corrected chi connectivity index (χ3v) is 3.72. The molecule has 3 atom stereocenters. The molecular weight excluding hydrogens is 248 g/mol. The molecule has 0 aromatic heterocycles. The van der Waals surface area contributed by atoms with Crippen LogP contribution in [0.5, 0.6) is 0 Å². The molecule has 6 heteroatoms. The number of nitrogens with zero attached hydrogens (tertiary/aromatic N) is 1. The average molecular weight is 272 g/mol. The van der Waals surface area contributed by atoms with E-state index in [1.165, 1.54) is 4.90 Å². The smallest absolute Gasteiger partial charge is 0.326 e. The van der Waals surface area contributed by atoms with Gasteiger partial charge in [-0.25, -0.2) is 9.59 Å². The minimum absolute atomic E-state index is 0.133. The number of carboxylic acids is 1. The number of likely N-dealkylation sites (tertiary alicyclic amines) is 1. The van der Waals surface area contributed by atoms with E-state index in [1.54, 1.807) is 13.8 Å². The molecule has 19 heavy (non-hydrogen) atoms. The maximum absolute atomic E-state index is 12.1. The summed E-state index contributed by atoms with van der Waals surface area (Å²) in [6.07, 6.45) is 2.06. The number of carboxylic acid groups (broad SMARTS) is 1. The first-order valence-corrected chi connectivity index (χ1v) is 6.77. The zero-order chi connectivity index (χ0) is 14.6. The standard InChI is InChI=1S/C13H24N2O4/c1-4-9(2)10(11(16)17)14-12(18)15-7-5-6-13(3,19)8-15/h9-10,19H,4-8H2,1-3H3,(H,14,18)(H,16,17)/t9?,10-,13?/m0/s1. The molecule has 1 aliphatic heterocycles. The maximum atomic E-state index is 12.1. The number of β-amino-alcohol motifs (C(OH)–C–C–N with tert-alkyl or cyclic N) is 1. The molecule has 1 aliphatic rings. The number of urea groups is 1. The van der Waals surface area contributed by atoms with Gasteiger partial charge in [0.25, 0.3) is 0 Å². The van der Waals surface area contributed by atoms with Gasteiger partial charge in [0.2, 0.25) is 0 Å². The zero-order valence-electron chi connectivity index (χ0n) is 11.8. The van der Waals surface area contributed by atoms with Gasteiger partial charge in [0.05, 0.1) is 12.1 Å². The number of nitrogens with one attached hydrogen (secondary N) is 1. The second kappa shape index (κ2) is 6.23. The summed E-state index contributed by atoms with van der Waals surface area (Å²) in [6, 6.07) is -1.29. The monoisotopic (exact) mass is 272 g/mol. The van der Waals surface area contributed by atoms with Crippen LogP contribution >= 0.6 is 0 Å². The van der Waals surface area contributed by atoms with Crippen LogP contribution in [-0.4, -0.2) is 51.8 Å². The van der Waals surface area contributed by atoms with Gasteiger partial charge in [0.15, 0.2) is 0 Å². The van der Waals surface area contributed by atoms with E-state index in [0.29, 0.717) is 19.4 Å². The zero-order valence-corrected chi connectivity index (χ0v) is 11.8. The van der Waals surface area contributed by atoms with Crippen molar-refractivity contribution in [3.8, 4) is 0 Å². The SMILES string of the molecule is CCC(C)[C@H](NC(=O)N1CCCC(C)(O)C1)C(=O)O. The third-order valence-electron chi connectivity index (χ3n) is 3.72. The molecule has 0 aliphatic carbocycles. The molecule has 1 fully saturated rings. The minimum Gasteiger partial charge on any atom is -0.480 e. The van der Waals surface area contributed by atoms with E-state index >= 15 is 0 Å². The number of rotatable bonds is 4. The van der Waals surface area contributed by atoms with E-state index in [0.717, 1.165) is 6.42 Å². The van der Waals surface area contributed by atoms with Crippen molar-refractivity contribution in [1.29, 1.82) is 0 Å². The first kappa shape index (κ1) is 15.8. The molecule has 1 heterocycles. The van der Waals surface area contributed by atoms with Crippen molar-refractivity contribution in [2.75, 3.05) is 13.1 Å². The maximum Gasteiger partial charge on any atom is 0.326 e. The molecule has 2 amide bonds. The molecule has 0 saturated carbocycles. The van der Waals surface area contributed by atoms with Crippen LogP contribution in [0, 0.1) is 5.92 Å². The molecule has 1 saturated heterocycles. The van der Waals surface area contributed by atoms with Crippen molar-refractivity contribution in [3.63, 3.8) is 0 Å². The number of hydrogen-bond acceptors (Lipinski definition) is 3. The molecule has 0 spiro atoms. The number of carbonyl (C=O) groups is 2. The average Bonchev–Trinajstić information content (AvgIpc) is 2.33. The van der Waals surface area contributed by atoms with E-state index in [2.05, 4.69) is 5.32 Å². The highest BCUT2D eigenvalue weighted by Gasteiger charge is 2.33. The van der Waals surface area contributed by atoms with E-state index in [9.17, 15) is 14.7 Å². The molecule has 1 rings (SSSR count). The summed E-state index contributed by atoms with van der Waals surface area (Å²) in [4.78, 5) is 24.7. The van der Waals surface area contributed by atoms with Gasteiger partial charge in [0, 0.05) is 6.54 Å². The number of hydrogen-bond donors (Lipinski definition) is 3. The first-order chi connectivity index (χ1) is 8.76. The normalized spacial score (nSPS) is 26.6. The van der Waals surface area contributed by atoms with Gasteiger partial charge < -0.3 is 20.4 Å². The molecule has 0 aromatic rings. The number of carbonyl (C=O) groups excluding carboxylic acids is 1. The van der Waals surface area contributed by atoms with Crippen molar-refractivity contribution in [2.45, 2.75) is 51.7 Å². The van der Waals surface area contributed by atoms with Crippen LogP contribution in [0.15, 0.2) is 0 Å². The molecule has 0 aromatic carbocycles. The minimum atomic E-state index is -1.02. The molecule has 3 N–H and O–H groups in total. The summed E-state index contributed by atoms with van der Waals surface area (Å²) in [5, 5.41) is 21.6. The summed E-state index contributed by atoms with van der Waals surface area (Å²) in [7, 11) is 0. The van der Waals surface area contributed by atoms with Gasteiger partial charge >= 0.3 is 12.0 Å². The number of piperidine rings is 1. The molecule has 0 radical (unpaired) electrons. The Labute approximate surface area is 113 Å². The lowest BCUT2D eigenvalue weighted by molar-refractivity contribution is -0.140. The Morgan fingerprint density at radius 3 is 2.58 bits per heavy atom. The largest absolute Gasteiger partial charge is 0.480 e. The highest BCUT2D eigenvalue weighted by atomic mass is 16.4. The van der Waals surface area contributed by atoms with E-state index in [-0.39, 0.29) is 12.5 Å². The van der Waals surface area contributed by atoms with Gasteiger partial charge in [-0.05, 0) is 25.7 Å². The Kier molecular flexibility index (Phi) is 5.17. The Hall–Kier alpha value is -1.30. The van der Waals surface area contributed by atoms with Gasteiger partial charge in [-0.1, -0.05) is 20.3 Å². The van der Waals surface area contributed by atoms with Crippen molar-refractivity contribution in [1.82, 2.24) is 10.2 Å². The van der Waals surface area contributed by atoms with Crippen LogP contribution in [0.1, 0.15) is 40.0 Å². The molecule has 0 bridgehead atoms. The van der Waals surface area contributed by atoms with Crippen molar-refractivity contribution in [3.05, 3.63) is 0 Å². The van der Waals surface area contributed by atoms with E-state index < -0.39 is 23.6 Å². The lowest BCUT2D eigenvalue weighted by Crippen LogP contribution is -2.55. The van der Waals surface area contributed by atoms with Gasteiger partial charge in [0.1, 0.15) is 6.04 Å². The second-order valence-corrected chi connectivity index (χ2v) is 5.67. The highest BCUT2D eigenvalue weighted by Crippen LogP contribution is 2.20. The van der Waals surface area contributed by atoms with Crippen LogP contribution in [0.2, 0.25) is 0 Å². The third kappa shape index (κ3) is 4.38. The lowest BCUT2D eigenvalue weighted by Gasteiger charge is -2.37. The Balaban J connectivity index is 2.64. The fourth-order valence-corrected chi connectivity index (χ4v) is 2.30. The number of amides is 2. The summed E-state index contributed by atoms with van der Waals surface area (Å²) in [5.41, 5.74) is -0.884. The van der Waals surface area contributed by atoms with Gasteiger partial charge in [-0.15, -0.1) is 0 Å². The summed E-state index contributed by atoms with van der Waals surface area (Å²) in [6.45, 7) is 6.17. The van der Waals surface area contributed by atoms with Crippen LogP contribution in [0.3, 0.4) is 0 Å². The number of aliphatic hydroxyl groups is 1. The topological polar surface area (TPSA) is 89.9 Å². The first-order valence-electron chi connectivity index (χ1n) is 6.77. The van der Waals surface area contributed by atoms with Crippen LogP contribution in [0.25, 0.3) is 0 Å². The van der Waals surface area contributed by atoms with Crippen molar-refractivity contribution in [2.24, 2.45) is 5.92 Å². The van der Waals surface area contributed by atoms with Gasteiger partial charge in [-0.2, -0.15) is 0 Å². The summed E-state index contributed by atoms with van der Waals surface area (Å²) < 4.78 is 0. The Morgan fingerprint density at radius 1 is 1.47 bits per heavy atom. The summed E-state index contributed by atoms with van der Waals surface area (Å²) >= 11 is 0. The predicted octanol–water partition coefficient (Wildman–Crippen LogP) is 1.04. The Bertz CT molecular complexity index is 344. The predicted molar refractivity (Wildman–Crippen MR) is 70.8 cm³/mol. The van der Waals surface area contributed by atoms with Gasteiger partial charge in [-0.3, -0.25) is 0 Å². The highest BCUT2D eigenvalue weighted by molar-refractivity contribution is 5.82. The van der Waals surface area contributed by atoms with Crippen molar-refractivity contribution >= 4 is 12.0 Å². The molecule has 6 nitrogen and oxygen atoms in total. The number of aliphatic carboxylic acids is 1. The second-order valence-electron chi connectivity index (χ2n) is 5.67. The van der Waals surface area contributed by atoms with E-state index in [4.69, 9.17) is 5.11 Å². The summed E-state index contributed by atoms with van der Waals surface area (Å²) in [5.74, 6) is -1.15. The van der Waals surface area contributed by atoms with Crippen LogP contribution in [-0.2, 0) is 4.79 Å². The van der Waals surface area contributed by atoms with Crippen LogP contribution in [0.4, 0.5) is 4.79 Å². The molecule has 2 unspecified atom stereocenters. The lowest BCUT2D eigenvalue weighted by atomic mass is 9.95. The Morgan fingerprint density at radius 2 is 2.11 bits per heavy atom.